The van der Waals surface area contributed by atoms with Crippen molar-refractivity contribution in [2.24, 2.45) is 0 Å². The SMILES string of the molecule is CSc1ccc(Cl)c(C(=O)Nc2ccnn2C2CCCCC2)c1. The van der Waals surface area contributed by atoms with Gasteiger partial charge in [0, 0.05) is 11.0 Å². The van der Waals surface area contributed by atoms with Crippen LogP contribution < -0.4 is 5.32 Å². The molecule has 23 heavy (non-hydrogen) atoms. The van der Waals surface area contributed by atoms with Gasteiger partial charge in [-0.3, -0.25) is 4.79 Å². The number of hydrogen-bond donors (Lipinski definition) is 1. The monoisotopic (exact) mass is 349 g/mol. The number of nitrogens with one attached hydrogen (secondary N) is 1. The van der Waals surface area contributed by atoms with Crippen LogP contribution in [0.4, 0.5) is 5.82 Å². The van der Waals surface area contributed by atoms with Crippen molar-refractivity contribution in [2.75, 3.05) is 11.6 Å². The lowest BCUT2D eigenvalue weighted by molar-refractivity contribution is 0.102. The highest BCUT2D eigenvalue weighted by Crippen LogP contribution is 2.30. The molecule has 1 aromatic heterocycles. The lowest BCUT2D eigenvalue weighted by Gasteiger charge is -2.24. The molecule has 1 aliphatic rings. The molecule has 1 aromatic carbocycles. The van der Waals surface area contributed by atoms with Gasteiger partial charge in [0.25, 0.3) is 5.91 Å². The maximum absolute atomic E-state index is 12.6. The first-order valence-corrected chi connectivity index (χ1v) is 9.47. The van der Waals surface area contributed by atoms with Gasteiger partial charge in [-0.05, 0) is 37.3 Å². The second-order valence-corrected chi connectivity index (χ2v) is 7.04. The molecule has 4 nitrogen and oxygen atoms in total. The van der Waals surface area contributed by atoms with Crippen molar-refractivity contribution in [1.82, 2.24) is 9.78 Å². The second kappa shape index (κ2) is 7.41. The summed E-state index contributed by atoms with van der Waals surface area (Å²) in [5.74, 6) is 0.552. The predicted molar refractivity (Wildman–Crippen MR) is 95.5 cm³/mol. The third kappa shape index (κ3) is 3.72. The molecule has 0 radical (unpaired) electrons. The Hall–Kier alpha value is -1.46. The third-order valence-corrected chi connectivity index (χ3v) is 5.31. The van der Waals surface area contributed by atoms with Gasteiger partial charge in [-0.25, -0.2) is 4.68 Å². The van der Waals surface area contributed by atoms with Crippen LogP contribution in [-0.2, 0) is 0 Å². The van der Waals surface area contributed by atoms with E-state index < -0.39 is 0 Å². The van der Waals surface area contributed by atoms with Crippen molar-refractivity contribution in [2.45, 2.75) is 43.0 Å². The first-order valence-electron chi connectivity index (χ1n) is 7.87. The van der Waals surface area contributed by atoms with Gasteiger partial charge in [-0.15, -0.1) is 11.8 Å². The van der Waals surface area contributed by atoms with Crippen LogP contribution in [0.3, 0.4) is 0 Å². The van der Waals surface area contributed by atoms with Gasteiger partial charge in [0.2, 0.25) is 0 Å². The minimum atomic E-state index is -0.191. The molecule has 1 N–H and O–H groups in total. The molecule has 122 valence electrons. The molecule has 3 rings (SSSR count). The van der Waals surface area contributed by atoms with E-state index in [1.165, 1.54) is 19.3 Å². The highest BCUT2D eigenvalue weighted by atomic mass is 35.5. The minimum absolute atomic E-state index is 0.191. The van der Waals surface area contributed by atoms with Crippen LogP contribution >= 0.6 is 23.4 Å². The fourth-order valence-corrected chi connectivity index (χ4v) is 3.66. The van der Waals surface area contributed by atoms with E-state index in [4.69, 9.17) is 11.6 Å². The van der Waals surface area contributed by atoms with Gasteiger partial charge in [0.15, 0.2) is 0 Å². The number of carbonyl (C=O) groups is 1. The lowest BCUT2D eigenvalue weighted by Crippen LogP contribution is -2.20. The number of amides is 1. The molecular formula is C17H20ClN3OS. The predicted octanol–water partition coefficient (Wildman–Crippen LogP) is 5.02. The molecule has 0 unspecified atom stereocenters. The third-order valence-electron chi connectivity index (χ3n) is 4.25. The quantitative estimate of drug-likeness (QED) is 0.788. The van der Waals surface area contributed by atoms with Gasteiger partial charge >= 0.3 is 0 Å². The molecule has 6 heteroatoms. The highest BCUT2D eigenvalue weighted by molar-refractivity contribution is 7.98. The largest absolute Gasteiger partial charge is 0.307 e. The number of hydrogen-bond acceptors (Lipinski definition) is 3. The first kappa shape index (κ1) is 16.4. The van der Waals surface area contributed by atoms with Crippen LogP contribution in [0.2, 0.25) is 5.02 Å². The summed E-state index contributed by atoms with van der Waals surface area (Å²) in [5.41, 5.74) is 0.495. The Morgan fingerprint density at radius 3 is 2.83 bits per heavy atom. The van der Waals surface area contributed by atoms with E-state index in [0.29, 0.717) is 16.6 Å². The fraction of sp³-hybridized carbons (Fsp3) is 0.412. The van der Waals surface area contributed by atoms with Gasteiger partial charge in [0.1, 0.15) is 5.82 Å². The van der Waals surface area contributed by atoms with E-state index in [-0.39, 0.29) is 5.91 Å². The Morgan fingerprint density at radius 1 is 1.30 bits per heavy atom. The number of nitrogens with zero attached hydrogens (tertiary/aromatic N) is 2. The normalized spacial score (nSPS) is 15.6. The van der Waals surface area contributed by atoms with E-state index in [1.54, 1.807) is 24.0 Å². The van der Waals surface area contributed by atoms with E-state index in [1.807, 2.05) is 29.1 Å². The molecule has 1 saturated carbocycles. The Balaban J connectivity index is 1.80. The summed E-state index contributed by atoms with van der Waals surface area (Å²) in [5, 5.41) is 7.83. The van der Waals surface area contributed by atoms with Crippen molar-refractivity contribution in [3.63, 3.8) is 0 Å². The molecule has 0 aliphatic heterocycles. The van der Waals surface area contributed by atoms with Gasteiger partial charge in [-0.2, -0.15) is 5.10 Å². The van der Waals surface area contributed by atoms with Crippen molar-refractivity contribution in [3.8, 4) is 0 Å². The zero-order chi connectivity index (χ0) is 16.2. The van der Waals surface area contributed by atoms with Crippen molar-refractivity contribution < 1.29 is 4.79 Å². The maximum atomic E-state index is 12.6. The van der Waals surface area contributed by atoms with Crippen molar-refractivity contribution >= 4 is 35.1 Å². The molecule has 0 bridgehead atoms. The molecule has 2 aromatic rings. The van der Waals surface area contributed by atoms with Crippen LogP contribution in [0.25, 0.3) is 0 Å². The number of benzene rings is 1. The fourth-order valence-electron chi connectivity index (χ4n) is 3.02. The number of carbonyl (C=O) groups excluding carboxylic acids is 1. The van der Waals surface area contributed by atoms with E-state index >= 15 is 0 Å². The summed E-state index contributed by atoms with van der Waals surface area (Å²) < 4.78 is 1.95. The zero-order valence-electron chi connectivity index (χ0n) is 13.1. The van der Waals surface area contributed by atoms with Crippen LogP contribution in [0.15, 0.2) is 35.4 Å². The topological polar surface area (TPSA) is 46.9 Å². The number of rotatable bonds is 4. The Bertz CT molecular complexity index is 695. The summed E-state index contributed by atoms with van der Waals surface area (Å²) in [4.78, 5) is 13.6. The van der Waals surface area contributed by atoms with Gasteiger partial charge in [-0.1, -0.05) is 30.9 Å². The number of aromatic nitrogens is 2. The summed E-state index contributed by atoms with van der Waals surface area (Å²) in [6.07, 6.45) is 9.68. The standard InChI is InChI=1S/C17H20ClN3OS/c1-23-13-7-8-15(18)14(11-13)17(22)20-16-9-10-19-21(16)12-5-3-2-4-6-12/h7-12H,2-6H2,1H3,(H,20,22). The smallest absolute Gasteiger partial charge is 0.258 e. The van der Waals surface area contributed by atoms with E-state index in [0.717, 1.165) is 23.6 Å². The Morgan fingerprint density at radius 2 is 2.09 bits per heavy atom. The Labute approximate surface area is 145 Å². The maximum Gasteiger partial charge on any atom is 0.258 e. The molecule has 1 aliphatic carbocycles. The van der Waals surface area contributed by atoms with Gasteiger partial charge in [0.05, 0.1) is 22.8 Å². The summed E-state index contributed by atoms with van der Waals surface area (Å²) in [6.45, 7) is 0. The van der Waals surface area contributed by atoms with Crippen LogP contribution in [-0.4, -0.2) is 21.9 Å². The summed E-state index contributed by atoms with van der Waals surface area (Å²) >= 11 is 7.77. The highest BCUT2D eigenvalue weighted by Gasteiger charge is 2.20. The lowest BCUT2D eigenvalue weighted by atomic mass is 9.96. The van der Waals surface area contributed by atoms with Crippen molar-refractivity contribution in [1.29, 1.82) is 0 Å². The van der Waals surface area contributed by atoms with Crippen molar-refractivity contribution in [3.05, 3.63) is 41.0 Å². The molecule has 1 amide bonds. The Kier molecular flexibility index (Phi) is 5.28. The number of thioether (sulfide) groups is 1. The molecule has 0 saturated heterocycles. The summed E-state index contributed by atoms with van der Waals surface area (Å²) in [6, 6.07) is 7.72. The molecule has 0 spiro atoms. The van der Waals surface area contributed by atoms with Crippen LogP contribution in [0.1, 0.15) is 48.5 Å². The average molecular weight is 350 g/mol. The van der Waals surface area contributed by atoms with Crippen LogP contribution in [0.5, 0.6) is 0 Å². The first-order chi connectivity index (χ1) is 11.2. The summed E-state index contributed by atoms with van der Waals surface area (Å²) in [7, 11) is 0. The molecule has 1 fully saturated rings. The van der Waals surface area contributed by atoms with Gasteiger partial charge < -0.3 is 5.32 Å². The molecule has 1 heterocycles. The number of anilines is 1. The molecule has 0 atom stereocenters. The average Bonchev–Trinajstić information content (AvgIpc) is 3.04. The molecular weight excluding hydrogens is 330 g/mol. The van der Waals surface area contributed by atoms with E-state index in [2.05, 4.69) is 10.4 Å². The second-order valence-electron chi connectivity index (χ2n) is 5.75. The minimum Gasteiger partial charge on any atom is -0.307 e. The number of halogens is 1. The van der Waals surface area contributed by atoms with E-state index in [9.17, 15) is 4.79 Å². The zero-order valence-corrected chi connectivity index (χ0v) is 14.7. The van der Waals surface area contributed by atoms with Crippen LogP contribution in [0, 0.1) is 0 Å².